The standard InChI is InChI=1S/C80H134N12O24S2/c1-51(93)61(85-73(105)113-77(5,6)7)69(101)89(45-29-47-91(71(103)63(53(3)95)87-75(107)115-79(11,12)13)43-27-39-83-67(99)55-31-25-33-57(109-17)65(55)111-19)41-23-21-37-81-59(97)35-49-117-118-50-36-60(98)82-38-22-24-42-90(70(102)62(52(2)94)86-74(106)114-78(8,9)10)46-30-48-92(72(104)64(54(4)96)88-76(108)116-80(14,15)16)44-28-40-84-68(100)56-32-26-34-58(110-18)66(56)112-20/h25-26,31-34,51-54,61-64,93-96H,21-24,27-30,35-50H2,1-20H3,(H,81,97)(H,82,98)(H,83,99)(H,84,100)(H,85,105)(H,86,106)(H,87,107)(H,88,108)/t51-,52-,53-,54-,61+,62+,63+,64+/m1/s1. The van der Waals surface area contributed by atoms with Gasteiger partial charge in [-0.25, -0.2) is 19.2 Å². The number of aliphatic hydroxyl groups excluding tert-OH is 4. The van der Waals surface area contributed by atoms with Crippen molar-refractivity contribution in [1.29, 1.82) is 0 Å². The zero-order chi connectivity index (χ0) is 89.3. The zero-order valence-electron chi connectivity index (χ0n) is 72.6. The Morgan fingerprint density at radius 3 is 0.831 bits per heavy atom. The molecule has 0 radical (unpaired) electrons. The Kier molecular flexibility index (Phi) is 47.1. The molecule has 0 aliphatic rings. The van der Waals surface area contributed by atoms with E-state index in [0.29, 0.717) is 48.7 Å². The summed E-state index contributed by atoms with van der Waals surface area (Å²) in [5, 5.41) is 64.8. The number of methoxy groups -OCH3 is 4. The maximum Gasteiger partial charge on any atom is 0.408 e. The average Bonchev–Trinajstić information content (AvgIpc) is 0.838. The quantitative estimate of drug-likeness (QED) is 0.0211. The van der Waals surface area contributed by atoms with E-state index < -0.39 is 131 Å². The predicted octanol–water partition coefficient (Wildman–Crippen LogP) is 5.81. The highest BCUT2D eigenvalue weighted by atomic mass is 33.1. The number of amides is 12. The predicted molar refractivity (Wildman–Crippen MR) is 447 cm³/mol. The zero-order valence-corrected chi connectivity index (χ0v) is 74.2. The molecule has 36 nitrogen and oxygen atoms in total. The van der Waals surface area contributed by atoms with Crippen LogP contribution in [0.2, 0.25) is 0 Å². The van der Waals surface area contributed by atoms with Gasteiger partial charge in [0.25, 0.3) is 11.8 Å². The van der Waals surface area contributed by atoms with E-state index in [1.807, 2.05) is 0 Å². The number of ether oxygens (including phenoxy) is 8. The van der Waals surface area contributed by atoms with Gasteiger partial charge in [-0.05, 0) is 186 Å². The number of nitrogens with one attached hydrogen (secondary N) is 8. The van der Waals surface area contributed by atoms with Gasteiger partial charge in [-0.15, -0.1) is 0 Å². The lowest BCUT2D eigenvalue weighted by Gasteiger charge is -2.32. The fraction of sp³-hybridized carbons (Fsp3) is 0.700. The van der Waals surface area contributed by atoms with Gasteiger partial charge in [0.1, 0.15) is 46.6 Å². The minimum Gasteiger partial charge on any atom is -0.493 e. The van der Waals surface area contributed by atoms with Crippen LogP contribution in [-0.4, -0.2) is 301 Å². The van der Waals surface area contributed by atoms with Gasteiger partial charge in [0.2, 0.25) is 35.4 Å². The van der Waals surface area contributed by atoms with Crippen LogP contribution in [0.1, 0.15) is 196 Å². The van der Waals surface area contributed by atoms with Gasteiger partial charge < -0.3 is 120 Å². The third-order valence-electron chi connectivity index (χ3n) is 17.0. The molecule has 0 saturated heterocycles. The molecule has 0 spiro atoms. The van der Waals surface area contributed by atoms with Gasteiger partial charge >= 0.3 is 24.4 Å². The maximum absolute atomic E-state index is 14.4. The SMILES string of the molecule is COc1cccc(C(=O)NCCCN(CCCN(CCCCNC(=O)CCSSCCC(=O)NCCCCN(CCCN(CCCNC(=O)c2cccc(OC)c2OC)C(=O)[C@@H](NC(=O)OC(C)(C)C)[C@@H](C)O)C(=O)[C@@H](NC(=O)OC(C)(C)C)[C@@H](C)O)C(=O)[C@@H](NC(=O)OC(C)(C)C)[C@@H](C)O)C(=O)[C@@H](NC(=O)OC(C)(C)C)[C@@H](C)O)c1OC. The Morgan fingerprint density at radius 1 is 0.347 bits per heavy atom. The third kappa shape index (κ3) is 41.6. The Balaban J connectivity index is 2.16. The molecule has 0 bridgehead atoms. The number of alkyl carbamates (subject to hydrolysis) is 4. The van der Waals surface area contributed by atoms with Crippen LogP contribution in [0.5, 0.6) is 23.0 Å². The Hall–Kier alpha value is -8.98. The number of rotatable bonds is 51. The second-order valence-corrected chi connectivity index (χ2v) is 34.7. The molecule has 8 atom stereocenters. The maximum atomic E-state index is 14.4. The summed E-state index contributed by atoms with van der Waals surface area (Å²) in [5.41, 5.74) is -3.36. The van der Waals surface area contributed by atoms with E-state index in [1.54, 1.807) is 119 Å². The van der Waals surface area contributed by atoms with Crippen LogP contribution < -0.4 is 61.5 Å². The number of carbonyl (C=O) groups excluding carboxylic acids is 12. The summed E-state index contributed by atoms with van der Waals surface area (Å²) < 4.78 is 43.2. The first kappa shape index (κ1) is 105. The summed E-state index contributed by atoms with van der Waals surface area (Å²) in [5.74, 6) is -2.19. The number of hydrogen-bond donors (Lipinski definition) is 12. The molecular weight excluding hydrogens is 1580 g/mol. The second kappa shape index (κ2) is 52.8. The molecule has 0 aromatic heterocycles. The largest absolute Gasteiger partial charge is 0.493 e. The topological polar surface area (TPSA) is 469 Å². The van der Waals surface area contributed by atoms with Crippen LogP contribution in [0.4, 0.5) is 19.2 Å². The van der Waals surface area contributed by atoms with E-state index in [-0.39, 0.29) is 152 Å². The van der Waals surface area contributed by atoms with Crippen LogP contribution in [0.15, 0.2) is 36.4 Å². The number of unbranched alkanes of at least 4 members (excludes halogenated alkanes) is 2. The van der Waals surface area contributed by atoms with E-state index >= 15 is 0 Å². The molecule has 2 aromatic rings. The first-order chi connectivity index (χ1) is 55.2. The molecule has 0 aliphatic heterocycles. The lowest BCUT2D eigenvalue weighted by atomic mass is 10.1. The van der Waals surface area contributed by atoms with Crippen molar-refractivity contribution in [3.05, 3.63) is 47.5 Å². The number of benzene rings is 2. The summed E-state index contributed by atoms with van der Waals surface area (Å²) in [7, 11) is 8.49. The summed E-state index contributed by atoms with van der Waals surface area (Å²) in [6.07, 6.45) is -6.98. The Morgan fingerprint density at radius 2 is 0.593 bits per heavy atom. The van der Waals surface area contributed by atoms with E-state index in [1.165, 1.54) is 97.3 Å². The highest BCUT2D eigenvalue weighted by Gasteiger charge is 2.37. The van der Waals surface area contributed by atoms with E-state index in [0.717, 1.165) is 0 Å². The molecule has 2 rings (SSSR count). The Labute approximate surface area is 702 Å². The minimum absolute atomic E-state index is 0.00658. The molecule has 2 aromatic carbocycles. The van der Waals surface area contributed by atoms with Crippen LogP contribution in [0.3, 0.4) is 0 Å². The second-order valence-electron chi connectivity index (χ2n) is 32.0. The molecule has 12 amide bonds. The monoisotopic (exact) mass is 1710 g/mol. The van der Waals surface area contributed by atoms with E-state index in [2.05, 4.69) is 42.5 Å². The fourth-order valence-corrected chi connectivity index (χ4v) is 13.4. The van der Waals surface area contributed by atoms with Gasteiger partial charge in [0, 0.05) is 103 Å². The smallest absolute Gasteiger partial charge is 0.408 e. The first-order valence-corrected chi connectivity index (χ1v) is 42.3. The highest BCUT2D eigenvalue weighted by molar-refractivity contribution is 8.76. The van der Waals surface area contributed by atoms with Crippen LogP contribution in [-0.2, 0) is 47.7 Å². The van der Waals surface area contributed by atoms with Gasteiger partial charge in [0.15, 0.2) is 23.0 Å². The van der Waals surface area contributed by atoms with Gasteiger partial charge in [-0.1, -0.05) is 33.7 Å². The van der Waals surface area contributed by atoms with Crippen molar-refractivity contribution >= 4 is 93.2 Å². The van der Waals surface area contributed by atoms with Gasteiger partial charge in [0.05, 0.1) is 64.0 Å². The lowest BCUT2D eigenvalue weighted by Crippen LogP contribution is -2.56. The van der Waals surface area contributed by atoms with Crippen LogP contribution in [0, 0.1) is 0 Å². The molecule has 118 heavy (non-hydrogen) atoms. The van der Waals surface area contributed by atoms with E-state index in [9.17, 15) is 78.0 Å². The lowest BCUT2D eigenvalue weighted by molar-refractivity contribution is -0.138. The van der Waals surface area contributed by atoms with E-state index in [4.69, 9.17) is 37.9 Å². The van der Waals surface area contributed by atoms with Crippen molar-refractivity contribution < 1.29 is 116 Å². The normalized spacial score (nSPS) is 13.6. The number of para-hydroxylation sites is 2. The fourth-order valence-electron chi connectivity index (χ4n) is 11.5. The first-order valence-electron chi connectivity index (χ1n) is 39.8. The average molecular weight is 1710 g/mol. The highest BCUT2D eigenvalue weighted by Crippen LogP contribution is 2.32. The molecular formula is C80H134N12O24S2. The summed E-state index contributed by atoms with van der Waals surface area (Å²) in [6.45, 7) is 25.6. The number of nitrogens with zero attached hydrogens (tertiary/aromatic N) is 4. The van der Waals surface area contributed by atoms with Crippen molar-refractivity contribution in [1.82, 2.24) is 62.1 Å². The third-order valence-corrected chi connectivity index (χ3v) is 19.4. The molecule has 670 valence electrons. The molecule has 38 heteroatoms. The molecule has 0 saturated carbocycles. The van der Waals surface area contributed by atoms with Gasteiger partial charge in [-0.2, -0.15) is 0 Å². The van der Waals surface area contributed by atoms with Crippen molar-refractivity contribution in [2.75, 3.05) is 118 Å². The van der Waals surface area contributed by atoms with Crippen LogP contribution >= 0.6 is 21.6 Å². The Bertz CT molecular complexity index is 3290. The molecule has 0 unspecified atom stereocenters. The van der Waals surface area contributed by atoms with Crippen molar-refractivity contribution in [3.63, 3.8) is 0 Å². The molecule has 12 N–H and O–H groups in total. The molecule has 0 heterocycles. The summed E-state index contributed by atoms with van der Waals surface area (Å²) in [6, 6.07) is 3.81. The number of hydrogen-bond acceptors (Lipinski definition) is 26. The summed E-state index contributed by atoms with van der Waals surface area (Å²) in [4.78, 5) is 168. The van der Waals surface area contributed by atoms with Crippen molar-refractivity contribution in [2.45, 2.75) is 246 Å². The number of aliphatic hydroxyl groups is 4. The van der Waals surface area contributed by atoms with Gasteiger partial charge in [-0.3, -0.25) is 38.4 Å². The minimum atomic E-state index is -1.47. The number of carbonyl (C=O) groups is 12. The van der Waals surface area contributed by atoms with Crippen molar-refractivity contribution in [2.24, 2.45) is 0 Å². The van der Waals surface area contributed by atoms with Crippen molar-refractivity contribution in [3.8, 4) is 23.0 Å². The van der Waals surface area contributed by atoms with Crippen LogP contribution in [0.25, 0.3) is 0 Å². The molecule has 0 fully saturated rings. The molecule has 0 aliphatic carbocycles. The summed E-state index contributed by atoms with van der Waals surface area (Å²) >= 11 is 0.